The van der Waals surface area contributed by atoms with Gasteiger partial charge in [-0.3, -0.25) is 4.72 Å². The molecule has 0 saturated carbocycles. The van der Waals surface area contributed by atoms with Gasteiger partial charge in [-0.25, -0.2) is 0 Å². The lowest BCUT2D eigenvalue weighted by atomic mass is 10.2. The highest BCUT2D eigenvalue weighted by molar-refractivity contribution is 7.90. The predicted octanol–water partition coefficient (Wildman–Crippen LogP) is 1.33. The van der Waals surface area contributed by atoms with Crippen molar-refractivity contribution in [3.05, 3.63) is 23.8 Å². The first-order valence-electron chi connectivity index (χ1n) is 5.63. The minimum atomic E-state index is -3.41. The molecule has 1 fully saturated rings. The number of anilines is 2. The largest absolute Gasteiger partial charge is 0.399 e. The minimum Gasteiger partial charge on any atom is -0.399 e. The maximum Gasteiger partial charge on any atom is 0.301 e. The maximum absolute atomic E-state index is 12.0. The van der Waals surface area contributed by atoms with Crippen LogP contribution in [0.4, 0.5) is 11.4 Å². The second-order valence-electron chi connectivity index (χ2n) is 4.29. The van der Waals surface area contributed by atoms with E-state index < -0.39 is 10.2 Å². The van der Waals surface area contributed by atoms with Gasteiger partial charge in [0.15, 0.2) is 0 Å². The number of rotatable bonds is 3. The molecule has 0 atom stereocenters. The molecule has 5 nitrogen and oxygen atoms in total. The molecule has 17 heavy (non-hydrogen) atoms. The van der Waals surface area contributed by atoms with E-state index in [4.69, 9.17) is 5.73 Å². The average Bonchev–Trinajstić information content (AvgIpc) is 2.76. The number of benzene rings is 1. The molecule has 0 bridgehead atoms. The summed E-state index contributed by atoms with van der Waals surface area (Å²) in [6.45, 7) is 3.03. The van der Waals surface area contributed by atoms with Crippen molar-refractivity contribution in [2.24, 2.45) is 0 Å². The molecule has 3 N–H and O–H groups in total. The molecule has 2 rings (SSSR count). The second kappa shape index (κ2) is 4.54. The third-order valence-electron chi connectivity index (χ3n) is 2.89. The summed E-state index contributed by atoms with van der Waals surface area (Å²) in [4.78, 5) is 0. The lowest BCUT2D eigenvalue weighted by Crippen LogP contribution is -2.33. The van der Waals surface area contributed by atoms with Crippen molar-refractivity contribution in [2.75, 3.05) is 23.5 Å². The Morgan fingerprint density at radius 3 is 2.53 bits per heavy atom. The van der Waals surface area contributed by atoms with Crippen molar-refractivity contribution in [1.29, 1.82) is 0 Å². The summed E-state index contributed by atoms with van der Waals surface area (Å²) < 4.78 is 28.1. The SMILES string of the molecule is Cc1cc(N)ccc1NS(=O)(=O)N1CCCC1. The summed E-state index contributed by atoms with van der Waals surface area (Å²) in [5.74, 6) is 0. The Hall–Kier alpha value is -1.27. The molecule has 1 heterocycles. The van der Waals surface area contributed by atoms with E-state index in [0.717, 1.165) is 18.4 Å². The van der Waals surface area contributed by atoms with Gasteiger partial charge < -0.3 is 5.73 Å². The molecule has 1 saturated heterocycles. The van der Waals surface area contributed by atoms with Crippen LogP contribution >= 0.6 is 0 Å². The Labute approximate surface area is 102 Å². The van der Waals surface area contributed by atoms with E-state index in [9.17, 15) is 8.42 Å². The summed E-state index contributed by atoms with van der Waals surface area (Å²) in [6.07, 6.45) is 1.86. The Morgan fingerprint density at radius 2 is 1.94 bits per heavy atom. The van der Waals surface area contributed by atoms with Crippen LogP contribution in [0.25, 0.3) is 0 Å². The molecule has 6 heteroatoms. The van der Waals surface area contributed by atoms with Gasteiger partial charge in [-0.2, -0.15) is 12.7 Å². The number of hydrogen-bond acceptors (Lipinski definition) is 3. The van der Waals surface area contributed by atoms with E-state index in [1.165, 1.54) is 4.31 Å². The summed E-state index contributed by atoms with van der Waals surface area (Å²) >= 11 is 0. The monoisotopic (exact) mass is 255 g/mol. The van der Waals surface area contributed by atoms with Gasteiger partial charge in [0.25, 0.3) is 0 Å². The molecule has 0 radical (unpaired) electrons. The van der Waals surface area contributed by atoms with Crippen molar-refractivity contribution in [3.8, 4) is 0 Å². The predicted molar refractivity (Wildman–Crippen MR) is 68.9 cm³/mol. The van der Waals surface area contributed by atoms with Crippen molar-refractivity contribution >= 4 is 21.6 Å². The molecule has 1 aliphatic heterocycles. The van der Waals surface area contributed by atoms with Gasteiger partial charge in [-0.1, -0.05) is 0 Å². The van der Waals surface area contributed by atoms with Gasteiger partial charge in [-0.05, 0) is 43.5 Å². The van der Waals surface area contributed by atoms with E-state index in [0.29, 0.717) is 24.5 Å². The van der Waals surface area contributed by atoms with Gasteiger partial charge in [-0.15, -0.1) is 0 Å². The molecule has 0 aliphatic carbocycles. The Kier molecular flexibility index (Phi) is 3.26. The molecule has 0 amide bonds. The fourth-order valence-electron chi connectivity index (χ4n) is 1.93. The Morgan fingerprint density at radius 1 is 1.29 bits per heavy atom. The van der Waals surface area contributed by atoms with Crippen molar-refractivity contribution in [3.63, 3.8) is 0 Å². The fourth-order valence-corrected chi connectivity index (χ4v) is 3.31. The zero-order valence-electron chi connectivity index (χ0n) is 9.81. The van der Waals surface area contributed by atoms with Crippen LogP contribution < -0.4 is 10.5 Å². The van der Waals surface area contributed by atoms with E-state index in [-0.39, 0.29) is 0 Å². The topological polar surface area (TPSA) is 75.4 Å². The van der Waals surface area contributed by atoms with E-state index >= 15 is 0 Å². The quantitative estimate of drug-likeness (QED) is 0.800. The average molecular weight is 255 g/mol. The third kappa shape index (κ3) is 2.70. The zero-order chi connectivity index (χ0) is 12.5. The highest BCUT2D eigenvalue weighted by Gasteiger charge is 2.25. The van der Waals surface area contributed by atoms with E-state index in [1.807, 2.05) is 6.92 Å². The molecule has 0 aromatic heterocycles. The second-order valence-corrected chi connectivity index (χ2v) is 5.96. The lowest BCUT2D eigenvalue weighted by molar-refractivity contribution is 0.482. The van der Waals surface area contributed by atoms with Crippen molar-refractivity contribution in [1.82, 2.24) is 4.31 Å². The van der Waals surface area contributed by atoms with Crippen LogP contribution in [-0.4, -0.2) is 25.8 Å². The maximum atomic E-state index is 12.0. The number of nitrogen functional groups attached to an aromatic ring is 1. The highest BCUT2D eigenvalue weighted by Crippen LogP contribution is 2.21. The van der Waals surface area contributed by atoms with Gasteiger partial charge in [0.2, 0.25) is 0 Å². The molecule has 1 aromatic rings. The first-order valence-corrected chi connectivity index (χ1v) is 7.07. The molecule has 1 aliphatic rings. The van der Waals surface area contributed by atoms with E-state index in [1.54, 1.807) is 18.2 Å². The first kappa shape index (κ1) is 12.2. The number of nitrogens with one attached hydrogen (secondary N) is 1. The third-order valence-corrected chi connectivity index (χ3v) is 4.42. The van der Waals surface area contributed by atoms with E-state index in [2.05, 4.69) is 4.72 Å². The van der Waals surface area contributed by atoms with Crippen LogP contribution in [0, 0.1) is 6.92 Å². The normalized spacial score (nSPS) is 17.2. The first-order chi connectivity index (χ1) is 7.99. The number of nitrogens with two attached hydrogens (primary N) is 1. The van der Waals surface area contributed by atoms with Gasteiger partial charge in [0.05, 0.1) is 5.69 Å². The highest BCUT2D eigenvalue weighted by atomic mass is 32.2. The van der Waals surface area contributed by atoms with Crippen LogP contribution in [0.5, 0.6) is 0 Å². The van der Waals surface area contributed by atoms with Crippen LogP contribution in [0.2, 0.25) is 0 Å². The fraction of sp³-hybridized carbons (Fsp3) is 0.455. The van der Waals surface area contributed by atoms with Crippen molar-refractivity contribution in [2.45, 2.75) is 19.8 Å². The van der Waals surface area contributed by atoms with Gasteiger partial charge in [0.1, 0.15) is 0 Å². The van der Waals surface area contributed by atoms with Gasteiger partial charge >= 0.3 is 10.2 Å². The summed E-state index contributed by atoms with van der Waals surface area (Å²) in [6, 6.07) is 5.13. The Bertz CT molecular complexity index is 507. The molecule has 0 unspecified atom stereocenters. The molecular formula is C11H17N3O2S. The summed E-state index contributed by atoms with van der Waals surface area (Å²) in [5, 5.41) is 0. The molecule has 0 spiro atoms. The number of nitrogens with zero attached hydrogens (tertiary/aromatic N) is 1. The molecular weight excluding hydrogens is 238 g/mol. The molecule has 1 aromatic carbocycles. The molecule has 94 valence electrons. The van der Waals surface area contributed by atoms with Crippen LogP contribution in [0.3, 0.4) is 0 Å². The number of hydrogen-bond donors (Lipinski definition) is 2. The minimum absolute atomic E-state index is 0.589. The summed E-state index contributed by atoms with van der Waals surface area (Å²) in [5.41, 5.74) is 7.67. The smallest absolute Gasteiger partial charge is 0.301 e. The van der Waals surface area contributed by atoms with Crippen LogP contribution in [0.1, 0.15) is 18.4 Å². The van der Waals surface area contributed by atoms with Crippen LogP contribution in [-0.2, 0) is 10.2 Å². The van der Waals surface area contributed by atoms with Gasteiger partial charge in [0, 0.05) is 18.8 Å². The number of aryl methyl sites for hydroxylation is 1. The Balaban J connectivity index is 2.19. The van der Waals surface area contributed by atoms with Crippen molar-refractivity contribution < 1.29 is 8.42 Å². The van der Waals surface area contributed by atoms with Crippen LogP contribution in [0.15, 0.2) is 18.2 Å². The zero-order valence-corrected chi connectivity index (χ0v) is 10.6. The lowest BCUT2D eigenvalue weighted by Gasteiger charge is -2.18. The summed E-state index contributed by atoms with van der Waals surface area (Å²) in [7, 11) is -3.41. The standard InChI is InChI=1S/C11H17N3O2S/c1-9-8-10(12)4-5-11(9)13-17(15,16)14-6-2-3-7-14/h4-5,8,13H,2-3,6-7,12H2,1H3.